The van der Waals surface area contributed by atoms with E-state index in [1.807, 2.05) is 19.9 Å². The van der Waals surface area contributed by atoms with Crippen molar-refractivity contribution in [3.63, 3.8) is 0 Å². The second-order valence-electron chi connectivity index (χ2n) is 5.58. The number of nitrogens with two attached hydrogens (primary N) is 1. The Kier molecular flexibility index (Phi) is 4.96. The summed E-state index contributed by atoms with van der Waals surface area (Å²) in [6.45, 7) is 5.62. The summed E-state index contributed by atoms with van der Waals surface area (Å²) in [7, 11) is 0. The van der Waals surface area contributed by atoms with Gasteiger partial charge in [-0.15, -0.1) is 0 Å². The van der Waals surface area contributed by atoms with Gasteiger partial charge in [-0.25, -0.2) is 9.97 Å². The first-order valence-corrected chi connectivity index (χ1v) is 7.22. The van der Waals surface area contributed by atoms with E-state index in [-0.39, 0.29) is 6.04 Å². The van der Waals surface area contributed by atoms with Gasteiger partial charge in [0, 0.05) is 25.2 Å². The van der Waals surface area contributed by atoms with Crippen LogP contribution in [0.1, 0.15) is 38.4 Å². The first-order valence-electron chi connectivity index (χ1n) is 7.22. The predicted molar refractivity (Wildman–Crippen MR) is 79.4 cm³/mol. The number of aromatic nitrogens is 2. The number of rotatable bonds is 6. The van der Waals surface area contributed by atoms with Crippen LogP contribution in [-0.4, -0.2) is 29.1 Å². The quantitative estimate of drug-likeness (QED) is 0.733. The lowest BCUT2D eigenvalue weighted by Crippen LogP contribution is -2.25. The van der Waals surface area contributed by atoms with Crippen molar-refractivity contribution in [1.29, 1.82) is 0 Å². The van der Waals surface area contributed by atoms with Crippen LogP contribution in [0.5, 0.6) is 0 Å². The molecule has 5 heteroatoms. The zero-order chi connectivity index (χ0) is 13.7. The summed E-state index contributed by atoms with van der Waals surface area (Å²) < 4.78 is 0. The van der Waals surface area contributed by atoms with Gasteiger partial charge in [0.1, 0.15) is 17.5 Å². The second kappa shape index (κ2) is 6.70. The van der Waals surface area contributed by atoms with Crippen LogP contribution in [-0.2, 0) is 0 Å². The summed E-state index contributed by atoms with van der Waals surface area (Å²) in [5.74, 6) is 3.34. The monoisotopic (exact) mass is 263 g/mol. The Labute approximate surface area is 115 Å². The Balaban J connectivity index is 1.91. The zero-order valence-electron chi connectivity index (χ0n) is 11.9. The second-order valence-corrected chi connectivity index (χ2v) is 5.58. The van der Waals surface area contributed by atoms with Crippen LogP contribution < -0.4 is 16.4 Å². The molecule has 1 aliphatic rings. The fourth-order valence-electron chi connectivity index (χ4n) is 2.48. The van der Waals surface area contributed by atoms with Crippen LogP contribution in [0.25, 0.3) is 0 Å². The van der Waals surface area contributed by atoms with Gasteiger partial charge in [0.2, 0.25) is 0 Å². The maximum absolute atomic E-state index is 5.74. The highest BCUT2D eigenvalue weighted by atomic mass is 15.1. The van der Waals surface area contributed by atoms with Gasteiger partial charge in [0.15, 0.2) is 0 Å². The molecule has 2 rings (SSSR count). The molecular weight excluding hydrogens is 238 g/mol. The van der Waals surface area contributed by atoms with Crippen LogP contribution in [0.3, 0.4) is 0 Å². The number of hydrogen-bond donors (Lipinski definition) is 3. The van der Waals surface area contributed by atoms with Crippen LogP contribution in [0.4, 0.5) is 11.6 Å². The SMILES string of the molecule is Cc1nc(NCC(C)N)cc(NCC2CCCC2)n1. The van der Waals surface area contributed by atoms with Gasteiger partial charge in [0.05, 0.1) is 0 Å². The van der Waals surface area contributed by atoms with Gasteiger partial charge in [-0.3, -0.25) is 0 Å². The van der Waals surface area contributed by atoms with E-state index in [2.05, 4.69) is 20.6 Å². The van der Waals surface area contributed by atoms with Gasteiger partial charge in [0.25, 0.3) is 0 Å². The molecule has 1 heterocycles. The first-order chi connectivity index (χ1) is 9.13. The topological polar surface area (TPSA) is 75.9 Å². The van der Waals surface area contributed by atoms with Crippen molar-refractivity contribution < 1.29 is 0 Å². The minimum Gasteiger partial charge on any atom is -0.370 e. The molecule has 0 bridgehead atoms. The molecule has 0 radical (unpaired) electrons. The van der Waals surface area contributed by atoms with Crippen molar-refractivity contribution in [1.82, 2.24) is 9.97 Å². The fraction of sp³-hybridized carbons (Fsp3) is 0.714. The standard InChI is InChI=1S/C14H25N5/c1-10(15)8-16-13-7-14(19-11(2)18-13)17-9-12-5-3-4-6-12/h7,10,12H,3-6,8-9,15H2,1-2H3,(H2,16,17,18,19). The van der Waals surface area contributed by atoms with Crippen LogP contribution in [0, 0.1) is 12.8 Å². The number of nitrogens with zero attached hydrogens (tertiary/aromatic N) is 2. The molecule has 0 aliphatic heterocycles. The van der Waals surface area contributed by atoms with E-state index < -0.39 is 0 Å². The minimum absolute atomic E-state index is 0.116. The van der Waals surface area contributed by atoms with Gasteiger partial charge in [-0.1, -0.05) is 12.8 Å². The van der Waals surface area contributed by atoms with E-state index in [4.69, 9.17) is 5.73 Å². The highest BCUT2D eigenvalue weighted by Gasteiger charge is 2.14. The molecular formula is C14H25N5. The van der Waals surface area contributed by atoms with Crippen LogP contribution in [0.2, 0.25) is 0 Å². The molecule has 1 aliphatic carbocycles. The summed E-state index contributed by atoms with van der Waals surface area (Å²) in [5, 5.41) is 6.67. The number of nitrogens with one attached hydrogen (secondary N) is 2. The molecule has 1 saturated carbocycles. The predicted octanol–water partition coefficient (Wildman–Crippen LogP) is 2.15. The van der Waals surface area contributed by atoms with Crippen LogP contribution >= 0.6 is 0 Å². The molecule has 1 unspecified atom stereocenters. The van der Waals surface area contributed by atoms with Crippen molar-refractivity contribution in [3.05, 3.63) is 11.9 Å². The van der Waals surface area contributed by atoms with Crippen molar-refractivity contribution in [3.8, 4) is 0 Å². The van der Waals surface area contributed by atoms with Crippen molar-refractivity contribution in [2.45, 2.75) is 45.6 Å². The molecule has 5 nitrogen and oxygen atoms in total. The molecule has 106 valence electrons. The number of aryl methyl sites for hydroxylation is 1. The first kappa shape index (κ1) is 14.1. The minimum atomic E-state index is 0.116. The zero-order valence-corrected chi connectivity index (χ0v) is 11.9. The Morgan fingerprint density at radius 3 is 2.53 bits per heavy atom. The Morgan fingerprint density at radius 1 is 1.26 bits per heavy atom. The maximum atomic E-state index is 5.74. The summed E-state index contributed by atoms with van der Waals surface area (Å²) in [6.07, 6.45) is 5.42. The lowest BCUT2D eigenvalue weighted by molar-refractivity contribution is 0.578. The average Bonchev–Trinajstić information content (AvgIpc) is 2.86. The summed E-state index contributed by atoms with van der Waals surface area (Å²) in [4.78, 5) is 8.80. The lowest BCUT2D eigenvalue weighted by Gasteiger charge is -2.13. The van der Waals surface area contributed by atoms with E-state index in [0.29, 0.717) is 0 Å². The van der Waals surface area contributed by atoms with Crippen LogP contribution in [0.15, 0.2) is 6.07 Å². The van der Waals surface area contributed by atoms with Gasteiger partial charge < -0.3 is 16.4 Å². The third-order valence-electron chi connectivity index (χ3n) is 3.49. The van der Waals surface area contributed by atoms with Crippen molar-refractivity contribution >= 4 is 11.6 Å². The maximum Gasteiger partial charge on any atom is 0.131 e. The highest BCUT2D eigenvalue weighted by Crippen LogP contribution is 2.24. The molecule has 0 spiro atoms. The third kappa shape index (κ3) is 4.67. The molecule has 1 aromatic heterocycles. The molecule has 0 aromatic carbocycles. The molecule has 4 N–H and O–H groups in total. The Hall–Kier alpha value is -1.36. The van der Waals surface area contributed by atoms with E-state index in [1.54, 1.807) is 0 Å². The molecule has 0 saturated heterocycles. The Bertz CT molecular complexity index is 399. The average molecular weight is 263 g/mol. The van der Waals surface area contributed by atoms with E-state index in [1.165, 1.54) is 25.7 Å². The Morgan fingerprint density at radius 2 is 1.89 bits per heavy atom. The van der Waals surface area contributed by atoms with Crippen molar-refractivity contribution in [2.24, 2.45) is 11.7 Å². The molecule has 1 aromatic rings. The van der Waals surface area contributed by atoms with Gasteiger partial charge in [-0.2, -0.15) is 0 Å². The highest BCUT2D eigenvalue weighted by molar-refractivity contribution is 5.47. The fourth-order valence-corrected chi connectivity index (χ4v) is 2.48. The van der Waals surface area contributed by atoms with Gasteiger partial charge in [-0.05, 0) is 32.6 Å². The summed E-state index contributed by atoms with van der Waals surface area (Å²) in [6, 6.07) is 2.08. The summed E-state index contributed by atoms with van der Waals surface area (Å²) >= 11 is 0. The van der Waals surface area contributed by atoms with Gasteiger partial charge >= 0.3 is 0 Å². The van der Waals surface area contributed by atoms with E-state index in [0.717, 1.165) is 36.5 Å². The normalized spacial score (nSPS) is 17.4. The molecule has 19 heavy (non-hydrogen) atoms. The van der Waals surface area contributed by atoms with E-state index in [9.17, 15) is 0 Å². The number of anilines is 2. The smallest absolute Gasteiger partial charge is 0.131 e. The summed E-state index contributed by atoms with van der Waals surface area (Å²) in [5.41, 5.74) is 5.74. The molecule has 1 fully saturated rings. The van der Waals surface area contributed by atoms with Crippen molar-refractivity contribution in [2.75, 3.05) is 23.7 Å². The van der Waals surface area contributed by atoms with E-state index >= 15 is 0 Å². The molecule has 1 atom stereocenters. The molecule has 0 amide bonds. The number of hydrogen-bond acceptors (Lipinski definition) is 5. The third-order valence-corrected chi connectivity index (χ3v) is 3.49. The lowest BCUT2D eigenvalue weighted by atomic mass is 10.1. The largest absolute Gasteiger partial charge is 0.370 e.